The van der Waals surface area contributed by atoms with Gasteiger partial charge in [-0.15, -0.1) is 0 Å². The molecule has 1 unspecified atom stereocenters. The highest BCUT2D eigenvalue weighted by atomic mass is 35.5. The van der Waals surface area contributed by atoms with Gasteiger partial charge in [0.1, 0.15) is 0 Å². The van der Waals surface area contributed by atoms with Crippen LogP contribution in [-0.4, -0.2) is 33.5 Å². The zero-order valence-electron chi connectivity index (χ0n) is 11.1. The van der Waals surface area contributed by atoms with Crippen LogP contribution in [0.15, 0.2) is 24.3 Å². The maximum absolute atomic E-state index is 6.22. The molecule has 0 aromatic heterocycles. The second kappa shape index (κ2) is 9.34. The molecule has 1 N–H and O–H groups in total. The predicted molar refractivity (Wildman–Crippen MR) is 75.2 cm³/mol. The smallest absolute Gasteiger partial charge is 0.0701 e. The van der Waals surface area contributed by atoms with Gasteiger partial charge in [0.25, 0.3) is 0 Å². The van der Waals surface area contributed by atoms with Crippen LogP contribution in [0, 0.1) is 0 Å². The molecule has 18 heavy (non-hydrogen) atoms. The van der Waals surface area contributed by atoms with Crippen molar-refractivity contribution in [1.29, 1.82) is 0 Å². The maximum Gasteiger partial charge on any atom is 0.0701 e. The second-order valence-corrected chi connectivity index (χ2v) is 4.50. The lowest BCUT2D eigenvalue weighted by atomic mass is 10.1. The van der Waals surface area contributed by atoms with Crippen molar-refractivity contribution in [3.8, 4) is 0 Å². The summed E-state index contributed by atoms with van der Waals surface area (Å²) in [6.07, 6.45) is 1.08. The van der Waals surface area contributed by atoms with Gasteiger partial charge in [0.05, 0.1) is 25.9 Å². The van der Waals surface area contributed by atoms with Gasteiger partial charge >= 0.3 is 0 Å². The summed E-state index contributed by atoms with van der Waals surface area (Å²) < 4.78 is 10.6. The Morgan fingerprint density at radius 2 is 2.06 bits per heavy atom. The minimum absolute atomic E-state index is 0.135. The number of halogens is 1. The Morgan fingerprint density at radius 1 is 1.28 bits per heavy atom. The summed E-state index contributed by atoms with van der Waals surface area (Å²) in [5.74, 6) is 0. The fourth-order valence-corrected chi connectivity index (χ4v) is 1.95. The Morgan fingerprint density at radius 3 is 2.72 bits per heavy atom. The average Bonchev–Trinajstić information content (AvgIpc) is 2.39. The van der Waals surface area contributed by atoms with Gasteiger partial charge in [0.2, 0.25) is 0 Å². The van der Waals surface area contributed by atoms with Gasteiger partial charge in [0, 0.05) is 12.1 Å². The average molecular weight is 272 g/mol. The fourth-order valence-electron chi connectivity index (χ4n) is 1.68. The van der Waals surface area contributed by atoms with Crippen molar-refractivity contribution in [3.63, 3.8) is 0 Å². The number of hydrogen-bond donors (Lipinski definition) is 1. The molecule has 1 aromatic rings. The summed E-state index contributed by atoms with van der Waals surface area (Å²) in [5.41, 5.74) is 1.09. The highest BCUT2D eigenvalue weighted by Gasteiger charge is 2.13. The topological polar surface area (TPSA) is 30.5 Å². The van der Waals surface area contributed by atoms with Gasteiger partial charge in [-0.05, 0) is 24.6 Å². The Kier molecular flexibility index (Phi) is 8.01. The highest BCUT2D eigenvalue weighted by molar-refractivity contribution is 6.31. The molecule has 0 saturated heterocycles. The van der Waals surface area contributed by atoms with Crippen LogP contribution >= 0.6 is 11.6 Å². The molecule has 0 aliphatic carbocycles. The quantitative estimate of drug-likeness (QED) is 0.701. The highest BCUT2D eigenvalue weighted by Crippen LogP contribution is 2.22. The van der Waals surface area contributed by atoms with Crippen LogP contribution in [0.4, 0.5) is 0 Å². The van der Waals surface area contributed by atoms with Crippen molar-refractivity contribution in [2.75, 3.05) is 33.5 Å². The third-order valence-corrected chi connectivity index (χ3v) is 2.98. The predicted octanol–water partition coefficient (Wildman–Crippen LogP) is 3.04. The molecular formula is C14H22ClNO2. The first-order valence-electron chi connectivity index (χ1n) is 6.34. The molecular weight excluding hydrogens is 250 g/mol. The van der Waals surface area contributed by atoms with E-state index in [0.717, 1.165) is 23.6 Å². The first-order chi connectivity index (χ1) is 8.79. The molecule has 1 aromatic carbocycles. The number of nitrogens with one attached hydrogen (secondary N) is 1. The molecule has 0 heterocycles. The molecule has 102 valence electrons. The van der Waals surface area contributed by atoms with Gasteiger partial charge in [-0.2, -0.15) is 0 Å². The van der Waals surface area contributed by atoms with Crippen molar-refractivity contribution in [2.24, 2.45) is 0 Å². The largest absolute Gasteiger partial charge is 0.382 e. The lowest BCUT2D eigenvalue weighted by molar-refractivity contribution is 0.0586. The Labute approximate surface area is 114 Å². The van der Waals surface area contributed by atoms with E-state index in [0.29, 0.717) is 19.8 Å². The number of methoxy groups -OCH3 is 1. The van der Waals surface area contributed by atoms with Crippen molar-refractivity contribution >= 4 is 11.6 Å². The molecule has 0 aliphatic rings. The van der Waals surface area contributed by atoms with E-state index < -0.39 is 0 Å². The number of benzene rings is 1. The van der Waals surface area contributed by atoms with Crippen molar-refractivity contribution in [1.82, 2.24) is 5.32 Å². The summed E-state index contributed by atoms with van der Waals surface area (Å²) in [5, 5.41) is 4.23. The number of hydrogen-bond acceptors (Lipinski definition) is 3. The van der Waals surface area contributed by atoms with Gasteiger partial charge in [-0.3, -0.25) is 0 Å². The van der Waals surface area contributed by atoms with E-state index in [4.69, 9.17) is 21.1 Å². The van der Waals surface area contributed by atoms with E-state index in [1.807, 2.05) is 24.3 Å². The van der Waals surface area contributed by atoms with Gasteiger partial charge in [-0.25, -0.2) is 0 Å². The normalized spacial score (nSPS) is 12.6. The Bertz CT molecular complexity index is 333. The molecule has 0 saturated carbocycles. The summed E-state index contributed by atoms with van der Waals surface area (Å²) >= 11 is 6.22. The second-order valence-electron chi connectivity index (χ2n) is 4.10. The molecule has 1 rings (SSSR count). The van der Waals surface area contributed by atoms with E-state index in [9.17, 15) is 0 Å². The molecule has 1 atom stereocenters. The molecule has 0 radical (unpaired) electrons. The van der Waals surface area contributed by atoms with Gasteiger partial charge < -0.3 is 14.8 Å². The maximum atomic E-state index is 6.22. The Balaban J connectivity index is 2.57. The summed E-state index contributed by atoms with van der Waals surface area (Å²) in [7, 11) is 1.67. The SMILES string of the molecule is CCCNC(COCCOC)c1ccccc1Cl. The molecule has 4 heteroatoms. The van der Waals surface area contributed by atoms with Crippen LogP contribution in [-0.2, 0) is 9.47 Å². The minimum Gasteiger partial charge on any atom is -0.382 e. The molecule has 0 fully saturated rings. The van der Waals surface area contributed by atoms with E-state index in [2.05, 4.69) is 12.2 Å². The van der Waals surface area contributed by atoms with Crippen molar-refractivity contribution in [3.05, 3.63) is 34.9 Å². The van der Waals surface area contributed by atoms with E-state index in [1.54, 1.807) is 7.11 Å². The van der Waals surface area contributed by atoms with Crippen molar-refractivity contribution < 1.29 is 9.47 Å². The van der Waals surface area contributed by atoms with Crippen LogP contribution in [0.25, 0.3) is 0 Å². The van der Waals surface area contributed by atoms with Crippen LogP contribution < -0.4 is 5.32 Å². The minimum atomic E-state index is 0.135. The monoisotopic (exact) mass is 271 g/mol. The summed E-state index contributed by atoms with van der Waals surface area (Å²) in [4.78, 5) is 0. The van der Waals surface area contributed by atoms with E-state index >= 15 is 0 Å². The van der Waals surface area contributed by atoms with Crippen LogP contribution in [0.2, 0.25) is 5.02 Å². The van der Waals surface area contributed by atoms with Gasteiger partial charge in [-0.1, -0.05) is 36.7 Å². The molecule has 0 aliphatic heterocycles. The van der Waals surface area contributed by atoms with Crippen LogP contribution in [0.3, 0.4) is 0 Å². The first kappa shape index (κ1) is 15.4. The molecule has 3 nitrogen and oxygen atoms in total. The van der Waals surface area contributed by atoms with E-state index in [1.165, 1.54) is 0 Å². The summed E-state index contributed by atoms with van der Waals surface area (Å²) in [6, 6.07) is 8.02. The van der Waals surface area contributed by atoms with E-state index in [-0.39, 0.29) is 6.04 Å². The Hall–Kier alpha value is -0.610. The lowest BCUT2D eigenvalue weighted by Gasteiger charge is -2.20. The van der Waals surface area contributed by atoms with Gasteiger partial charge in [0.15, 0.2) is 0 Å². The summed E-state index contributed by atoms with van der Waals surface area (Å²) in [6.45, 7) is 4.91. The zero-order valence-corrected chi connectivity index (χ0v) is 11.9. The number of rotatable bonds is 9. The standard InChI is InChI=1S/C14H22ClNO2/c1-3-8-16-14(11-18-10-9-17-2)12-6-4-5-7-13(12)15/h4-7,14,16H,3,8-11H2,1-2H3. The third-order valence-electron chi connectivity index (χ3n) is 2.64. The molecule has 0 amide bonds. The third kappa shape index (κ3) is 5.36. The number of ether oxygens (including phenoxy) is 2. The lowest BCUT2D eigenvalue weighted by Crippen LogP contribution is -2.27. The zero-order chi connectivity index (χ0) is 13.2. The fraction of sp³-hybridized carbons (Fsp3) is 0.571. The molecule has 0 bridgehead atoms. The first-order valence-corrected chi connectivity index (χ1v) is 6.71. The van der Waals surface area contributed by atoms with Crippen molar-refractivity contribution in [2.45, 2.75) is 19.4 Å². The molecule has 0 spiro atoms. The van der Waals surface area contributed by atoms with Crippen LogP contribution in [0.5, 0.6) is 0 Å². The van der Waals surface area contributed by atoms with Crippen LogP contribution in [0.1, 0.15) is 24.9 Å².